The first-order valence-corrected chi connectivity index (χ1v) is 4.77. The number of aromatic hydroxyl groups is 1. The zero-order valence-corrected chi connectivity index (χ0v) is 9.38. The Balaban J connectivity index is 3.28. The molecule has 0 amide bonds. The van der Waals surface area contributed by atoms with E-state index in [0.717, 1.165) is 12.1 Å². The Kier molecular flexibility index (Phi) is 3.51. The predicted octanol–water partition coefficient (Wildman–Crippen LogP) is 2.25. The largest absolute Gasteiger partial charge is 0.503 e. The molecule has 1 rings (SSSR count). The fourth-order valence-corrected chi connectivity index (χ4v) is 1.47. The van der Waals surface area contributed by atoms with Gasteiger partial charge in [-0.05, 0) is 28.1 Å². The van der Waals surface area contributed by atoms with Crippen molar-refractivity contribution in [2.75, 3.05) is 13.7 Å². The van der Waals surface area contributed by atoms with E-state index >= 15 is 0 Å². The summed E-state index contributed by atoms with van der Waals surface area (Å²) in [5.41, 5.74) is -0.425. The predicted molar refractivity (Wildman–Crippen MR) is 53.3 cm³/mol. The van der Waals surface area contributed by atoms with Gasteiger partial charge in [0.25, 0.3) is 5.92 Å². The first kappa shape index (κ1) is 12.2. The quantitative estimate of drug-likeness (QED) is 0.894. The van der Waals surface area contributed by atoms with Crippen LogP contribution in [-0.4, -0.2) is 23.9 Å². The van der Waals surface area contributed by atoms with Gasteiger partial charge in [0.2, 0.25) is 0 Å². The molecule has 15 heavy (non-hydrogen) atoms. The van der Waals surface area contributed by atoms with Crippen LogP contribution >= 0.6 is 15.9 Å². The number of ether oxygens (including phenoxy) is 1. The number of phenols is 1. The lowest BCUT2D eigenvalue weighted by molar-refractivity contribution is -0.0558. The molecule has 6 heteroatoms. The lowest BCUT2D eigenvalue weighted by Gasteiger charge is -2.15. The van der Waals surface area contributed by atoms with Crippen molar-refractivity contribution in [3.8, 4) is 11.5 Å². The standard InChI is InChI=1S/C9H9BrF2O3/c1-15-7-3-5(9(11,12)4-13)2-6(10)8(7)14/h2-3,13-14H,4H2,1H3. The van der Waals surface area contributed by atoms with E-state index < -0.39 is 18.1 Å². The zero-order chi connectivity index (χ0) is 11.6. The van der Waals surface area contributed by atoms with Gasteiger partial charge in [-0.15, -0.1) is 0 Å². The fraction of sp³-hybridized carbons (Fsp3) is 0.333. The number of benzene rings is 1. The molecule has 0 saturated carbocycles. The van der Waals surface area contributed by atoms with Crippen LogP contribution in [0.5, 0.6) is 11.5 Å². The van der Waals surface area contributed by atoms with E-state index in [1.54, 1.807) is 0 Å². The molecular weight excluding hydrogens is 274 g/mol. The van der Waals surface area contributed by atoms with Crippen LogP contribution in [0.1, 0.15) is 5.56 Å². The van der Waals surface area contributed by atoms with Gasteiger partial charge in [0.05, 0.1) is 11.6 Å². The summed E-state index contributed by atoms with van der Waals surface area (Å²) in [4.78, 5) is 0. The molecule has 0 aromatic heterocycles. The van der Waals surface area contributed by atoms with E-state index in [0.29, 0.717) is 0 Å². The van der Waals surface area contributed by atoms with Crippen molar-refractivity contribution in [3.05, 3.63) is 22.2 Å². The maximum absolute atomic E-state index is 13.1. The van der Waals surface area contributed by atoms with Crippen LogP contribution in [0.25, 0.3) is 0 Å². The van der Waals surface area contributed by atoms with Crippen molar-refractivity contribution in [2.45, 2.75) is 5.92 Å². The van der Waals surface area contributed by atoms with E-state index in [9.17, 15) is 13.9 Å². The van der Waals surface area contributed by atoms with Crippen molar-refractivity contribution in [1.29, 1.82) is 0 Å². The topological polar surface area (TPSA) is 49.7 Å². The molecule has 0 aliphatic rings. The monoisotopic (exact) mass is 282 g/mol. The van der Waals surface area contributed by atoms with Crippen LogP contribution in [0.15, 0.2) is 16.6 Å². The second-order valence-corrected chi connectivity index (χ2v) is 3.73. The highest BCUT2D eigenvalue weighted by atomic mass is 79.9. The molecular formula is C9H9BrF2O3. The Morgan fingerprint density at radius 1 is 1.47 bits per heavy atom. The van der Waals surface area contributed by atoms with E-state index in [2.05, 4.69) is 15.9 Å². The highest BCUT2D eigenvalue weighted by Crippen LogP contribution is 2.39. The third-order valence-electron chi connectivity index (χ3n) is 1.87. The van der Waals surface area contributed by atoms with Gasteiger partial charge in [-0.2, -0.15) is 8.78 Å². The molecule has 2 N–H and O–H groups in total. The molecule has 3 nitrogen and oxygen atoms in total. The number of halogens is 3. The minimum absolute atomic E-state index is 0.0764. The molecule has 0 fully saturated rings. The van der Waals surface area contributed by atoms with Crippen LogP contribution in [-0.2, 0) is 5.92 Å². The molecule has 84 valence electrons. The van der Waals surface area contributed by atoms with Gasteiger partial charge in [-0.1, -0.05) is 0 Å². The van der Waals surface area contributed by atoms with Crippen LogP contribution in [0, 0.1) is 0 Å². The summed E-state index contributed by atoms with van der Waals surface area (Å²) in [7, 11) is 1.25. The van der Waals surface area contributed by atoms with Crippen molar-refractivity contribution in [1.82, 2.24) is 0 Å². The first-order chi connectivity index (χ1) is 6.92. The molecule has 1 aromatic carbocycles. The number of alkyl halides is 2. The van der Waals surface area contributed by atoms with Crippen LogP contribution in [0.2, 0.25) is 0 Å². The van der Waals surface area contributed by atoms with Gasteiger partial charge in [0, 0.05) is 5.56 Å². The van der Waals surface area contributed by atoms with Crippen LogP contribution in [0.3, 0.4) is 0 Å². The molecule has 0 bridgehead atoms. The lowest BCUT2D eigenvalue weighted by atomic mass is 10.1. The zero-order valence-electron chi connectivity index (χ0n) is 7.80. The second kappa shape index (κ2) is 4.32. The van der Waals surface area contributed by atoms with Crippen molar-refractivity contribution < 1.29 is 23.7 Å². The summed E-state index contributed by atoms with van der Waals surface area (Å²) in [5.74, 6) is -3.69. The summed E-state index contributed by atoms with van der Waals surface area (Å²) in [6.45, 7) is -1.30. The number of hydrogen-bond acceptors (Lipinski definition) is 3. The Labute approximate surface area is 93.4 Å². The number of methoxy groups -OCH3 is 1. The van der Waals surface area contributed by atoms with Crippen LogP contribution in [0.4, 0.5) is 8.78 Å². The lowest BCUT2D eigenvalue weighted by Crippen LogP contribution is -2.18. The Hall–Kier alpha value is -0.880. The average molecular weight is 283 g/mol. The Morgan fingerprint density at radius 3 is 2.53 bits per heavy atom. The average Bonchev–Trinajstić information content (AvgIpc) is 2.21. The van der Waals surface area contributed by atoms with Gasteiger partial charge in [-0.3, -0.25) is 0 Å². The number of aliphatic hydroxyl groups excluding tert-OH is 1. The Morgan fingerprint density at radius 2 is 2.07 bits per heavy atom. The van der Waals surface area contributed by atoms with Crippen molar-refractivity contribution >= 4 is 15.9 Å². The summed E-state index contributed by atoms with van der Waals surface area (Å²) in [5, 5.41) is 17.9. The molecule has 0 unspecified atom stereocenters. The number of rotatable bonds is 3. The number of aliphatic hydroxyl groups is 1. The van der Waals surface area contributed by atoms with Gasteiger partial charge in [-0.25, -0.2) is 0 Å². The van der Waals surface area contributed by atoms with Gasteiger partial charge in [0.1, 0.15) is 6.61 Å². The fourth-order valence-electron chi connectivity index (χ4n) is 1.03. The molecule has 0 aliphatic carbocycles. The van der Waals surface area contributed by atoms with Crippen LogP contribution < -0.4 is 4.74 Å². The number of hydrogen-bond donors (Lipinski definition) is 2. The minimum atomic E-state index is -3.36. The maximum Gasteiger partial charge on any atom is 0.295 e. The van der Waals surface area contributed by atoms with E-state index in [4.69, 9.17) is 9.84 Å². The van der Waals surface area contributed by atoms with E-state index in [-0.39, 0.29) is 16.0 Å². The molecule has 0 aliphatic heterocycles. The first-order valence-electron chi connectivity index (χ1n) is 3.98. The summed E-state index contributed by atoms with van der Waals surface area (Å²) in [6.07, 6.45) is 0. The van der Waals surface area contributed by atoms with E-state index in [1.807, 2.05) is 0 Å². The molecule has 1 aromatic rings. The van der Waals surface area contributed by atoms with Crippen molar-refractivity contribution in [2.24, 2.45) is 0 Å². The molecule has 0 spiro atoms. The van der Waals surface area contributed by atoms with Crippen molar-refractivity contribution in [3.63, 3.8) is 0 Å². The highest BCUT2D eigenvalue weighted by molar-refractivity contribution is 9.10. The SMILES string of the molecule is COc1cc(C(F)(F)CO)cc(Br)c1O. The second-order valence-electron chi connectivity index (χ2n) is 2.87. The number of phenolic OH excluding ortho intramolecular Hbond substituents is 1. The third kappa shape index (κ3) is 2.38. The minimum Gasteiger partial charge on any atom is -0.503 e. The van der Waals surface area contributed by atoms with Gasteiger partial charge < -0.3 is 14.9 Å². The van der Waals surface area contributed by atoms with Gasteiger partial charge >= 0.3 is 0 Å². The summed E-state index contributed by atoms with van der Waals surface area (Å²) >= 11 is 2.91. The molecule has 0 radical (unpaired) electrons. The summed E-state index contributed by atoms with van der Waals surface area (Å²) in [6, 6.07) is 2.02. The Bertz CT molecular complexity index is 369. The molecule has 0 saturated heterocycles. The maximum atomic E-state index is 13.1. The van der Waals surface area contributed by atoms with E-state index in [1.165, 1.54) is 7.11 Å². The summed E-state index contributed by atoms with van der Waals surface area (Å²) < 4.78 is 31.0. The van der Waals surface area contributed by atoms with Gasteiger partial charge in [0.15, 0.2) is 11.5 Å². The smallest absolute Gasteiger partial charge is 0.295 e. The highest BCUT2D eigenvalue weighted by Gasteiger charge is 2.32. The molecule has 0 atom stereocenters. The molecule has 0 heterocycles. The normalized spacial score (nSPS) is 11.5. The third-order valence-corrected chi connectivity index (χ3v) is 2.47.